The summed E-state index contributed by atoms with van der Waals surface area (Å²) < 4.78 is 13.7. The first-order valence-electron chi connectivity index (χ1n) is 10.1. The van der Waals surface area contributed by atoms with Crippen LogP contribution in [0.1, 0.15) is 51.4 Å². The molecule has 1 saturated carbocycles. The second-order valence-electron chi connectivity index (χ2n) is 7.03. The Hall–Kier alpha value is -2.47. The Labute approximate surface area is 169 Å². The molecule has 1 nitrogen and oxygen atoms in total. The average Bonchev–Trinajstić information content (AvgIpc) is 3.57. The Morgan fingerprint density at radius 2 is 1.29 bits per heavy atom. The van der Waals surface area contributed by atoms with Crippen molar-refractivity contribution in [3.63, 3.8) is 0 Å². The normalized spacial score (nSPS) is 12.4. The smallest absolute Gasteiger partial charge is 0.210 e. The van der Waals surface area contributed by atoms with Gasteiger partial charge in [0.15, 0.2) is 0 Å². The molecule has 0 spiro atoms. The van der Waals surface area contributed by atoms with E-state index in [1.165, 1.54) is 19.3 Å². The highest BCUT2D eigenvalue weighted by Crippen LogP contribution is 2.41. The van der Waals surface area contributed by atoms with Crippen LogP contribution in [0.25, 0.3) is 0 Å². The molecule has 1 fully saturated rings. The van der Waals surface area contributed by atoms with Gasteiger partial charge < -0.3 is 0 Å². The summed E-state index contributed by atoms with van der Waals surface area (Å²) in [6.07, 6.45) is 10.8. The number of unbranched alkanes of at least 4 members (excludes halogenated alkanes) is 4. The first-order chi connectivity index (χ1) is 13.8. The van der Waals surface area contributed by atoms with Crippen LogP contribution in [-0.4, -0.2) is 0 Å². The van der Waals surface area contributed by atoms with Gasteiger partial charge in [-0.25, -0.2) is 0 Å². The van der Waals surface area contributed by atoms with Gasteiger partial charge in [0.2, 0.25) is 7.14 Å². The summed E-state index contributed by atoms with van der Waals surface area (Å²) in [6.45, 7) is 0. The maximum atomic E-state index is 13.7. The summed E-state index contributed by atoms with van der Waals surface area (Å²) in [5.74, 6) is 9.66. The van der Waals surface area contributed by atoms with E-state index in [4.69, 9.17) is 0 Å². The molecule has 0 unspecified atom stereocenters. The lowest BCUT2D eigenvalue weighted by Gasteiger charge is -2.12. The fourth-order valence-corrected chi connectivity index (χ4v) is 5.01. The minimum absolute atomic E-state index is 0.727. The topological polar surface area (TPSA) is 17.1 Å². The van der Waals surface area contributed by atoms with Crippen molar-refractivity contribution >= 4 is 17.8 Å². The van der Waals surface area contributed by atoms with Gasteiger partial charge in [-0.15, -0.1) is 11.8 Å². The zero-order valence-electron chi connectivity index (χ0n) is 16.4. The van der Waals surface area contributed by atoms with Crippen molar-refractivity contribution in [2.24, 2.45) is 0 Å². The third-order valence-corrected chi connectivity index (χ3v) is 7.21. The monoisotopic (exact) mass is 386 g/mol. The van der Waals surface area contributed by atoms with Crippen LogP contribution < -0.4 is 10.6 Å². The Bertz CT molecular complexity index is 900. The molecule has 28 heavy (non-hydrogen) atoms. The lowest BCUT2D eigenvalue weighted by Crippen LogP contribution is -2.14. The van der Waals surface area contributed by atoms with Gasteiger partial charge in [0.05, 0.1) is 0 Å². The maximum absolute atomic E-state index is 13.7. The molecule has 0 aromatic heterocycles. The SMILES string of the molecule is O=P(C#CCCCC#CCCCC=C1CC1)(c1ccccc1)c1ccccc1. The maximum Gasteiger partial charge on any atom is 0.210 e. The first-order valence-corrected chi connectivity index (χ1v) is 11.8. The van der Waals surface area contributed by atoms with E-state index in [2.05, 4.69) is 29.5 Å². The molecular weight excluding hydrogens is 359 g/mol. The molecule has 0 aliphatic heterocycles. The fourth-order valence-electron chi connectivity index (χ4n) is 2.94. The van der Waals surface area contributed by atoms with Crippen molar-refractivity contribution in [2.75, 3.05) is 0 Å². The van der Waals surface area contributed by atoms with E-state index in [0.717, 1.165) is 42.7 Å². The molecule has 3 rings (SSSR count). The molecule has 2 heteroatoms. The summed E-state index contributed by atoms with van der Waals surface area (Å²) in [4.78, 5) is 0. The first kappa shape index (κ1) is 20.3. The number of rotatable bonds is 7. The van der Waals surface area contributed by atoms with Gasteiger partial charge in [0, 0.05) is 29.9 Å². The molecule has 142 valence electrons. The highest BCUT2D eigenvalue weighted by Gasteiger charge is 2.24. The van der Waals surface area contributed by atoms with Crippen molar-refractivity contribution < 1.29 is 4.57 Å². The summed E-state index contributed by atoms with van der Waals surface area (Å²) in [5.41, 5.74) is 4.74. The number of benzene rings is 2. The molecule has 1 aliphatic rings. The van der Waals surface area contributed by atoms with Gasteiger partial charge in [0.25, 0.3) is 0 Å². The highest BCUT2D eigenvalue weighted by molar-refractivity contribution is 7.83. The van der Waals surface area contributed by atoms with Crippen LogP contribution >= 0.6 is 7.14 Å². The fraction of sp³-hybridized carbons (Fsp3) is 0.308. The molecule has 0 bridgehead atoms. The third-order valence-electron chi connectivity index (χ3n) is 4.68. The molecule has 0 amide bonds. The number of allylic oxidation sites excluding steroid dienone is 2. The summed E-state index contributed by atoms with van der Waals surface area (Å²) in [7, 11) is -2.90. The lowest BCUT2D eigenvalue weighted by molar-refractivity contribution is 0.593. The third kappa shape index (κ3) is 6.30. The molecule has 0 atom stereocenters. The van der Waals surface area contributed by atoms with E-state index in [1.54, 1.807) is 5.57 Å². The summed E-state index contributed by atoms with van der Waals surface area (Å²) in [6, 6.07) is 19.2. The van der Waals surface area contributed by atoms with Gasteiger partial charge in [-0.3, -0.25) is 4.57 Å². The Morgan fingerprint density at radius 1 is 0.750 bits per heavy atom. The lowest BCUT2D eigenvalue weighted by atomic mass is 10.2. The van der Waals surface area contributed by atoms with Crippen molar-refractivity contribution in [3.05, 3.63) is 72.3 Å². The predicted molar refractivity (Wildman–Crippen MR) is 120 cm³/mol. The van der Waals surface area contributed by atoms with Crippen molar-refractivity contribution in [3.8, 4) is 23.4 Å². The molecule has 0 radical (unpaired) electrons. The van der Waals surface area contributed by atoms with Crippen molar-refractivity contribution in [2.45, 2.75) is 51.4 Å². The van der Waals surface area contributed by atoms with Crippen LogP contribution in [0, 0.1) is 23.4 Å². The van der Waals surface area contributed by atoms with Crippen LogP contribution in [-0.2, 0) is 4.57 Å². The zero-order valence-corrected chi connectivity index (χ0v) is 17.3. The van der Waals surface area contributed by atoms with Crippen LogP contribution in [0.4, 0.5) is 0 Å². The van der Waals surface area contributed by atoms with Crippen molar-refractivity contribution in [1.82, 2.24) is 0 Å². The Balaban J connectivity index is 1.51. The second kappa shape index (κ2) is 10.8. The van der Waals surface area contributed by atoms with E-state index < -0.39 is 7.14 Å². The standard InChI is InChI=1S/C26H27OP/c27-28(25-17-11-8-12-18-25,26-19-13-9-14-20-26)23-15-7-5-3-1-2-4-6-10-16-24-21-22-24/h8-9,11-14,16-20H,3-7,10,21-22H2. The van der Waals surface area contributed by atoms with Crippen LogP contribution in [0.5, 0.6) is 0 Å². The number of hydrogen-bond donors (Lipinski definition) is 0. The average molecular weight is 386 g/mol. The summed E-state index contributed by atoms with van der Waals surface area (Å²) in [5, 5.41) is 1.60. The van der Waals surface area contributed by atoms with Crippen LogP contribution in [0.3, 0.4) is 0 Å². The van der Waals surface area contributed by atoms with Gasteiger partial charge in [-0.1, -0.05) is 78.2 Å². The molecule has 2 aromatic rings. The minimum Gasteiger partial charge on any atom is -0.300 e. The Kier molecular flexibility index (Phi) is 7.79. The molecular formula is C26H27OP. The van der Waals surface area contributed by atoms with Gasteiger partial charge in [0.1, 0.15) is 0 Å². The largest absolute Gasteiger partial charge is 0.300 e. The minimum atomic E-state index is -2.90. The molecule has 2 aromatic carbocycles. The zero-order chi connectivity index (χ0) is 19.5. The molecule has 0 heterocycles. The van der Waals surface area contributed by atoms with E-state index in [0.29, 0.717) is 0 Å². The molecule has 0 N–H and O–H groups in total. The van der Waals surface area contributed by atoms with E-state index in [-0.39, 0.29) is 0 Å². The number of hydrogen-bond acceptors (Lipinski definition) is 1. The Morgan fingerprint density at radius 3 is 1.86 bits per heavy atom. The van der Waals surface area contributed by atoms with E-state index in [1.807, 2.05) is 60.7 Å². The second-order valence-corrected chi connectivity index (χ2v) is 9.51. The van der Waals surface area contributed by atoms with Crippen LogP contribution in [0.2, 0.25) is 0 Å². The van der Waals surface area contributed by atoms with Gasteiger partial charge in [-0.2, -0.15) is 0 Å². The predicted octanol–water partition coefficient (Wildman–Crippen LogP) is 6.03. The molecule has 0 saturated heterocycles. The van der Waals surface area contributed by atoms with Gasteiger partial charge in [-0.05, 0) is 37.8 Å². The summed E-state index contributed by atoms with van der Waals surface area (Å²) >= 11 is 0. The van der Waals surface area contributed by atoms with Crippen molar-refractivity contribution in [1.29, 1.82) is 0 Å². The van der Waals surface area contributed by atoms with E-state index >= 15 is 0 Å². The molecule has 1 aliphatic carbocycles. The van der Waals surface area contributed by atoms with E-state index in [9.17, 15) is 4.57 Å². The van der Waals surface area contributed by atoms with Crippen LogP contribution in [0.15, 0.2) is 72.3 Å². The van der Waals surface area contributed by atoms with Gasteiger partial charge >= 0.3 is 0 Å². The quantitative estimate of drug-likeness (QED) is 0.246. The highest BCUT2D eigenvalue weighted by atomic mass is 31.2.